The maximum Gasteiger partial charge on any atom is 0.201 e. The summed E-state index contributed by atoms with van der Waals surface area (Å²) in [4.78, 5) is 0. The standard InChI is InChI=1S/C31H38F4O2/c1-3-5-6-20-7-9-21(10-8-20)23-12-15-24(37-19-23)14-11-22-13-16-25(29(33)28(22)32)26-17-18-27(36-4-2)31(35)30(26)34/h3,13,16-18,20-21,23-24H,1,4-12,14-15,19H2,2H3. The second-order valence-corrected chi connectivity index (χ2v) is 10.6. The van der Waals surface area contributed by atoms with Gasteiger partial charge in [0.25, 0.3) is 0 Å². The smallest absolute Gasteiger partial charge is 0.201 e. The molecule has 37 heavy (non-hydrogen) atoms. The third kappa shape index (κ3) is 6.57. The third-order valence-corrected chi connectivity index (χ3v) is 8.28. The Balaban J connectivity index is 1.30. The minimum Gasteiger partial charge on any atom is -0.491 e. The van der Waals surface area contributed by atoms with Crippen molar-refractivity contribution in [1.29, 1.82) is 0 Å². The Kier molecular flexibility index (Phi) is 9.69. The highest BCUT2D eigenvalue weighted by Gasteiger charge is 2.31. The van der Waals surface area contributed by atoms with E-state index in [9.17, 15) is 17.6 Å². The largest absolute Gasteiger partial charge is 0.491 e. The summed E-state index contributed by atoms with van der Waals surface area (Å²) in [6.07, 6.45) is 12.5. The molecule has 2 atom stereocenters. The van der Waals surface area contributed by atoms with Crippen molar-refractivity contribution in [2.45, 2.75) is 77.2 Å². The summed E-state index contributed by atoms with van der Waals surface area (Å²) in [6.45, 7) is 6.38. The molecule has 1 aliphatic carbocycles. The Labute approximate surface area is 218 Å². The van der Waals surface area contributed by atoms with Gasteiger partial charge in [0.1, 0.15) is 0 Å². The van der Waals surface area contributed by atoms with Crippen molar-refractivity contribution in [3.8, 4) is 16.9 Å². The number of allylic oxidation sites excluding steroid dienone is 1. The Morgan fingerprint density at radius 3 is 2.16 bits per heavy atom. The van der Waals surface area contributed by atoms with Crippen LogP contribution in [0.2, 0.25) is 0 Å². The first kappa shape index (κ1) is 27.7. The summed E-state index contributed by atoms with van der Waals surface area (Å²) >= 11 is 0. The van der Waals surface area contributed by atoms with E-state index < -0.39 is 23.3 Å². The average Bonchev–Trinajstić information content (AvgIpc) is 2.92. The third-order valence-electron chi connectivity index (χ3n) is 8.28. The van der Waals surface area contributed by atoms with E-state index in [0.29, 0.717) is 18.8 Å². The molecule has 2 fully saturated rings. The molecule has 2 nitrogen and oxygen atoms in total. The first-order valence-electron chi connectivity index (χ1n) is 13.7. The first-order chi connectivity index (χ1) is 17.9. The van der Waals surface area contributed by atoms with E-state index in [-0.39, 0.29) is 35.2 Å². The van der Waals surface area contributed by atoms with E-state index >= 15 is 0 Å². The van der Waals surface area contributed by atoms with Crippen LogP contribution < -0.4 is 4.74 Å². The molecule has 6 heteroatoms. The molecule has 2 aromatic carbocycles. The minimum absolute atomic E-state index is 0.0277. The predicted octanol–water partition coefficient (Wildman–Crippen LogP) is 8.81. The van der Waals surface area contributed by atoms with Crippen molar-refractivity contribution >= 4 is 0 Å². The summed E-state index contributed by atoms with van der Waals surface area (Å²) in [5.41, 5.74) is -0.423. The fraction of sp³-hybridized carbons (Fsp3) is 0.548. The van der Waals surface area contributed by atoms with Crippen molar-refractivity contribution < 1.29 is 27.0 Å². The molecule has 0 aromatic heterocycles. The van der Waals surface area contributed by atoms with E-state index in [0.717, 1.165) is 37.7 Å². The van der Waals surface area contributed by atoms with E-state index in [1.165, 1.54) is 56.4 Å². The van der Waals surface area contributed by atoms with Gasteiger partial charge in [-0.3, -0.25) is 0 Å². The van der Waals surface area contributed by atoms with Crippen LogP contribution in [0.1, 0.15) is 70.3 Å². The zero-order valence-electron chi connectivity index (χ0n) is 21.7. The Morgan fingerprint density at radius 1 is 0.838 bits per heavy atom. The zero-order chi connectivity index (χ0) is 26.4. The van der Waals surface area contributed by atoms with E-state index in [1.54, 1.807) is 6.92 Å². The van der Waals surface area contributed by atoms with Crippen molar-refractivity contribution in [2.75, 3.05) is 13.2 Å². The molecule has 0 radical (unpaired) electrons. The SMILES string of the molecule is C=CCCC1CCC(C2CCC(CCc3ccc(-c4ccc(OCC)c(F)c4F)c(F)c3F)OC2)CC1. The van der Waals surface area contributed by atoms with Gasteiger partial charge in [-0.25, -0.2) is 13.2 Å². The number of halogens is 4. The monoisotopic (exact) mass is 518 g/mol. The summed E-state index contributed by atoms with van der Waals surface area (Å²) in [6, 6.07) is 5.21. The Hall–Kier alpha value is -2.34. The van der Waals surface area contributed by atoms with Gasteiger partial charge >= 0.3 is 0 Å². The van der Waals surface area contributed by atoms with E-state index in [1.807, 2.05) is 6.08 Å². The topological polar surface area (TPSA) is 18.5 Å². The highest BCUT2D eigenvalue weighted by atomic mass is 19.2. The number of benzene rings is 2. The number of hydrogen-bond donors (Lipinski definition) is 0. The van der Waals surface area contributed by atoms with Crippen LogP contribution in [-0.2, 0) is 11.2 Å². The second-order valence-electron chi connectivity index (χ2n) is 10.6. The lowest BCUT2D eigenvalue weighted by Crippen LogP contribution is -2.32. The molecule has 2 aliphatic rings. The number of aryl methyl sites for hydroxylation is 1. The van der Waals surface area contributed by atoms with Crippen LogP contribution in [0, 0.1) is 41.0 Å². The summed E-state index contributed by atoms with van der Waals surface area (Å²) in [5, 5.41) is 0. The highest BCUT2D eigenvalue weighted by molar-refractivity contribution is 5.66. The second kappa shape index (κ2) is 12.9. The van der Waals surface area contributed by atoms with Gasteiger partial charge < -0.3 is 9.47 Å². The van der Waals surface area contributed by atoms with Gasteiger partial charge in [0, 0.05) is 11.1 Å². The molecule has 1 heterocycles. The molecule has 1 aliphatic heterocycles. The van der Waals surface area contributed by atoms with E-state index in [4.69, 9.17) is 9.47 Å². The predicted molar refractivity (Wildman–Crippen MR) is 139 cm³/mol. The summed E-state index contributed by atoms with van der Waals surface area (Å²) in [7, 11) is 0. The molecule has 4 rings (SSSR count). The molecule has 0 bridgehead atoms. The normalized spacial score (nSPS) is 24.1. The quantitative estimate of drug-likeness (QED) is 0.231. The van der Waals surface area contributed by atoms with Crippen LogP contribution >= 0.6 is 0 Å². The Bertz CT molecular complexity index is 1050. The van der Waals surface area contributed by atoms with Gasteiger partial charge in [0.2, 0.25) is 5.82 Å². The number of hydrogen-bond acceptors (Lipinski definition) is 2. The molecule has 0 amide bonds. The molecular weight excluding hydrogens is 480 g/mol. The van der Waals surface area contributed by atoms with Crippen LogP contribution in [0.4, 0.5) is 17.6 Å². The first-order valence-corrected chi connectivity index (χ1v) is 13.7. The lowest BCUT2D eigenvalue weighted by Gasteiger charge is -2.38. The van der Waals surface area contributed by atoms with Gasteiger partial charge in [-0.15, -0.1) is 6.58 Å². The van der Waals surface area contributed by atoms with Gasteiger partial charge in [-0.1, -0.05) is 31.1 Å². The van der Waals surface area contributed by atoms with Crippen molar-refractivity contribution in [2.24, 2.45) is 17.8 Å². The van der Waals surface area contributed by atoms with Gasteiger partial charge in [0.15, 0.2) is 23.2 Å². The van der Waals surface area contributed by atoms with E-state index in [2.05, 4.69) is 6.58 Å². The van der Waals surface area contributed by atoms with Gasteiger partial charge in [-0.2, -0.15) is 4.39 Å². The van der Waals surface area contributed by atoms with Crippen molar-refractivity contribution in [3.05, 3.63) is 65.8 Å². The molecule has 2 aromatic rings. The lowest BCUT2D eigenvalue weighted by molar-refractivity contribution is -0.0418. The van der Waals surface area contributed by atoms with Crippen molar-refractivity contribution in [3.63, 3.8) is 0 Å². The molecule has 1 saturated carbocycles. The molecule has 1 saturated heterocycles. The maximum absolute atomic E-state index is 14.9. The van der Waals surface area contributed by atoms with Crippen LogP contribution in [0.5, 0.6) is 5.75 Å². The Morgan fingerprint density at radius 2 is 1.51 bits per heavy atom. The molecule has 0 spiro atoms. The summed E-state index contributed by atoms with van der Waals surface area (Å²) < 4.78 is 69.8. The molecular formula is C31H38F4O2. The van der Waals surface area contributed by atoms with Gasteiger partial charge in [0.05, 0.1) is 19.3 Å². The molecule has 2 unspecified atom stereocenters. The van der Waals surface area contributed by atoms with Crippen LogP contribution in [0.15, 0.2) is 36.9 Å². The molecule has 202 valence electrons. The molecule has 0 N–H and O–H groups in total. The minimum atomic E-state index is -1.26. The zero-order valence-corrected chi connectivity index (χ0v) is 21.7. The summed E-state index contributed by atoms with van der Waals surface area (Å²) in [5.74, 6) is -2.77. The highest BCUT2D eigenvalue weighted by Crippen LogP contribution is 2.39. The average molecular weight is 519 g/mol. The fourth-order valence-electron chi connectivity index (χ4n) is 6.04. The van der Waals surface area contributed by atoms with Gasteiger partial charge in [-0.05, 0) is 93.7 Å². The number of ether oxygens (including phenoxy) is 2. The number of rotatable bonds is 10. The van der Waals surface area contributed by atoms with Crippen molar-refractivity contribution in [1.82, 2.24) is 0 Å². The van der Waals surface area contributed by atoms with Crippen LogP contribution in [0.3, 0.4) is 0 Å². The maximum atomic E-state index is 14.9. The van der Waals surface area contributed by atoms with Crippen LogP contribution in [-0.4, -0.2) is 19.3 Å². The fourth-order valence-corrected chi connectivity index (χ4v) is 6.04. The van der Waals surface area contributed by atoms with Crippen LogP contribution in [0.25, 0.3) is 11.1 Å². The lowest BCUT2D eigenvalue weighted by atomic mass is 9.73.